The Morgan fingerprint density at radius 2 is 2.14 bits per heavy atom. The first-order valence-electron chi connectivity index (χ1n) is 5.72. The monoisotopic (exact) mass is 194 g/mol. The molecule has 1 unspecified atom stereocenters. The molecule has 0 aromatic heterocycles. The van der Waals surface area contributed by atoms with Gasteiger partial charge in [0.25, 0.3) is 0 Å². The molecule has 14 heavy (non-hydrogen) atoms. The van der Waals surface area contributed by atoms with Crippen molar-refractivity contribution < 1.29 is 0 Å². The van der Waals surface area contributed by atoms with Crippen LogP contribution in [0.2, 0.25) is 0 Å². The molecule has 1 N–H and O–H groups in total. The van der Waals surface area contributed by atoms with Gasteiger partial charge in [0.15, 0.2) is 0 Å². The van der Waals surface area contributed by atoms with E-state index in [2.05, 4.69) is 23.1 Å². The fourth-order valence-electron chi connectivity index (χ4n) is 1.91. The van der Waals surface area contributed by atoms with Crippen molar-refractivity contribution in [3.8, 4) is 12.3 Å². The normalized spacial score (nSPS) is 19.4. The minimum absolute atomic E-state index is 0.471. The topological polar surface area (TPSA) is 15.3 Å². The van der Waals surface area contributed by atoms with Gasteiger partial charge in [-0.2, -0.15) is 0 Å². The van der Waals surface area contributed by atoms with Gasteiger partial charge in [-0.15, -0.1) is 12.3 Å². The highest BCUT2D eigenvalue weighted by Gasteiger charge is 2.10. The summed E-state index contributed by atoms with van der Waals surface area (Å²) in [4.78, 5) is 2.55. The standard InChI is InChI=1S/C12H22N2/c1-3-7-12(2)13-8-6-11-14-9-4-5-10-14/h1,12-13H,4-11H2,2H3. The zero-order valence-corrected chi connectivity index (χ0v) is 9.26. The van der Waals surface area contributed by atoms with Gasteiger partial charge >= 0.3 is 0 Å². The van der Waals surface area contributed by atoms with Crippen LogP contribution in [0, 0.1) is 12.3 Å². The molecule has 0 aliphatic carbocycles. The number of hydrogen-bond acceptors (Lipinski definition) is 2. The van der Waals surface area contributed by atoms with Gasteiger partial charge in [-0.1, -0.05) is 0 Å². The minimum atomic E-state index is 0.471. The third kappa shape index (κ3) is 4.64. The van der Waals surface area contributed by atoms with E-state index in [1.807, 2.05) is 0 Å². The Kier molecular flexibility index (Phi) is 5.66. The zero-order chi connectivity index (χ0) is 10.2. The zero-order valence-electron chi connectivity index (χ0n) is 9.26. The third-order valence-corrected chi connectivity index (χ3v) is 2.77. The summed E-state index contributed by atoms with van der Waals surface area (Å²) in [5.74, 6) is 2.68. The van der Waals surface area contributed by atoms with Crippen LogP contribution < -0.4 is 5.32 Å². The Morgan fingerprint density at radius 3 is 2.79 bits per heavy atom. The van der Waals surface area contributed by atoms with Gasteiger partial charge < -0.3 is 10.2 Å². The van der Waals surface area contributed by atoms with Crippen LogP contribution in [-0.4, -0.2) is 37.1 Å². The summed E-state index contributed by atoms with van der Waals surface area (Å²) in [6.45, 7) is 7.10. The predicted molar refractivity (Wildman–Crippen MR) is 61.2 cm³/mol. The second-order valence-corrected chi connectivity index (χ2v) is 4.17. The molecule has 0 aromatic rings. The van der Waals surface area contributed by atoms with Crippen LogP contribution in [0.4, 0.5) is 0 Å². The van der Waals surface area contributed by atoms with Crippen LogP contribution in [0.3, 0.4) is 0 Å². The summed E-state index contributed by atoms with van der Waals surface area (Å²) in [5, 5.41) is 3.44. The van der Waals surface area contributed by atoms with E-state index in [0.29, 0.717) is 6.04 Å². The molecule has 1 aliphatic heterocycles. The quantitative estimate of drug-likeness (QED) is 0.509. The van der Waals surface area contributed by atoms with E-state index in [-0.39, 0.29) is 0 Å². The molecule has 1 atom stereocenters. The molecule has 0 bridgehead atoms. The molecule has 1 rings (SSSR count). The summed E-state index contributed by atoms with van der Waals surface area (Å²) in [5.41, 5.74) is 0. The maximum atomic E-state index is 5.23. The summed E-state index contributed by atoms with van der Waals surface area (Å²) < 4.78 is 0. The summed E-state index contributed by atoms with van der Waals surface area (Å²) >= 11 is 0. The van der Waals surface area contributed by atoms with Crippen LogP contribution in [0.1, 0.15) is 32.6 Å². The van der Waals surface area contributed by atoms with Crippen molar-refractivity contribution in [2.24, 2.45) is 0 Å². The average molecular weight is 194 g/mol. The van der Waals surface area contributed by atoms with Gasteiger partial charge in [-0.05, 0) is 52.4 Å². The Balaban J connectivity index is 1.91. The first-order chi connectivity index (χ1) is 6.83. The van der Waals surface area contributed by atoms with Crippen molar-refractivity contribution >= 4 is 0 Å². The highest BCUT2D eigenvalue weighted by Crippen LogP contribution is 2.06. The SMILES string of the molecule is C#CCC(C)NCCCN1CCCC1. The van der Waals surface area contributed by atoms with E-state index in [1.54, 1.807) is 0 Å². The molecule has 0 aromatic carbocycles. The number of hydrogen-bond donors (Lipinski definition) is 1. The Bertz CT molecular complexity index is 177. The second-order valence-electron chi connectivity index (χ2n) is 4.17. The fraction of sp³-hybridized carbons (Fsp3) is 0.833. The lowest BCUT2D eigenvalue weighted by Crippen LogP contribution is -2.29. The molecule has 80 valence electrons. The predicted octanol–water partition coefficient (Wildman–Crippen LogP) is 1.47. The van der Waals surface area contributed by atoms with E-state index in [9.17, 15) is 0 Å². The van der Waals surface area contributed by atoms with E-state index >= 15 is 0 Å². The van der Waals surface area contributed by atoms with Crippen molar-refractivity contribution in [3.05, 3.63) is 0 Å². The van der Waals surface area contributed by atoms with Crippen molar-refractivity contribution in [3.63, 3.8) is 0 Å². The largest absolute Gasteiger partial charge is 0.313 e. The minimum Gasteiger partial charge on any atom is -0.313 e. The third-order valence-electron chi connectivity index (χ3n) is 2.77. The van der Waals surface area contributed by atoms with Crippen molar-refractivity contribution in [2.75, 3.05) is 26.2 Å². The van der Waals surface area contributed by atoms with Crippen molar-refractivity contribution in [2.45, 2.75) is 38.6 Å². The Hall–Kier alpha value is -0.520. The lowest BCUT2D eigenvalue weighted by Gasteiger charge is -2.15. The molecular weight excluding hydrogens is 172 g/mol. The summed E-state index contributed by atoms with van der Waals surface area (Å²) in [6.07, 6.45) is 10.1. The molecule has 0 saturated carbocycles. The van der Waals surface area contributed by atoms with E-state index < -0.39 is 0 Å². The fourth-order valence-corrected chi connectivity index (χ4v) is 1.91. The van der Waals surface area contributed by atoms with Gasteiger partial charge in [0.05, 0.1) is 0 Å². The van der Waals surface area contributed by atoms with E-state index in [1.165, 1.54) is 38.9 Å². The lowest BCUT2D eigenvalue weighted by molar-refractivity contribution is 0.328. The van der Waals surface area contributed by atoms with E-state index in [4.69, 9.17) is 6.42 Å². The first kappa shape index (κ1) is 11.6. The number of terminal acetylenes is 1. The summed E-state index contributed by atoms with van der Waals surface area (Å²) in [7, 11) is 0. The van der Waals surface area contributed by atoms with Crippen LogP contribution in [0.5, 0.6) is 0 Å². The molecule has 2 heteroatoms. The highest BCUT2D eigenvalue weighted by atomic mass is 15.1. The van der Waals surface area contributed by atoms with Crippen LogP contribution >= 0.6 is 0 Å². The smallest absolute Gasteiger partial charge is 0.0238 e. The van der Waals surface area contributed by atoms with Gasteiger partial charge in [0.2, 0.25) is 0 Å². The summed E-state index contributed by atoms with van der Waals surface area (Å²) in [6, 6.07) is 0.471. The molecule has 2 nitrogen and oxygen atoms in total. The van der Waals surface area contributed by atoms with Crippen LogP contribution in [-0.2, 0) is 0 Å². The lowest BCUT2D eigenvalue weighted by atomic mass is 10.2. The molecule has 0 amide bonds. The second kappa shape index (κ2) is 6.86. The number of likely N-dealkylation sites (tertiary alicyclic amines) is 1. The van der Waals surface area contributed by atoms with Gasteiger partial charge in [0, 0.05) is 12.5 Å². The van der Waals surface area contributed by atoms with Crippen LogP contribution in [0.15, 0.2) is 0 Å². The van der Waals surface area contributed by atoms with E-state index in [0.717, 1.165) is 13.0 Å². The molecule has 0 spiro atoms. The molecule has 1 fully saturated rings. The molecule has 1 aliphatic rings. The Morgan fingerprint density at radius 1 is 1.43 bits per heavy atom. The molecule has 1 saturated heterocycles. The first-order valence-corrected chi connectivity index (χ1v) is 5.72. The van der Waals surface area contributed by atoms with Gasteiger partial charge in [-0.3, -0.25) is 0 Å². The molecular formula is C12H22N2. The highest BCUT2D eigenvalue weighted by molar-refractivity contribution is 4.87. The number of nitrogens with one attached hydrogen (secondary N) is 1. The number of nitrogens with zero attached hydrogens (tertiary/aromatic N) is 1. The maximum absolute atomic E-state index is 5.23. The van der Waals surface area contributed by atoms with Crippen molar-refractivity contribution in [1.29, 1.82) is 0 Å². The Labute approximate surface area is 88.1 Å². The maximum Gasteiger partial charge on any atom is 0.0238 e. The van der Waals surface area contributed by atoms with Crippen LogP contribution in [0.25, 0.3) is 0 Å². The van der Waals surface area contributed by atoms with Crippen molar-refractivity contribution in [1.82, 2.24) is 10.2 Å². The molecule has 0 radical (unpaired) electrons. The van der Waals surface area contributed by atoms with Gasteiger partial charge in [0.1, 0.15) is 0 Å². The number of rotatable bonds is 6. The molecule has 1 heterocycles. The average Bonchev–Trinajstić information content (AvgIpc) is 2.65. The van der Waals surface area contributed by atoms with Gasteiger partial charge in [-0.25, -0.2) is 0 Å².